The van der Waals surface area contributed by atoms with Crippen LogP contribution in [0.2, 0.25) is 0 Å². The summed E-state index contributed by atoms with van der Waals surface area (Å²) in [5.41, 5.74) is -0.626. The van der Waals surface area contributed by atoms with E-state index in [1.54, 1.807) is 0 Å². The van der Waals surface area contributed by atoms with E-state index in [2.05, 4.69) is 0 Å². The van der Waals surface area contributed by atoms with Gasteiger partial charge in [-0.2, -0.15) is 0 Å². The van der Waals surface area contributed by atoms with E-state index in [0.717, 1.165) is 12.8 Å². The first-order valence-corrected chi connectivity index (χ1v) is 7.68. The summed E-state index contributed by atoms with van der Waals surface area (Å²) in [6.07, 6.45) is 8.51. The Morgan fingerprint density at radius 1 is 1.21 bits per heavy atom. The van der Waals surface area contributed by atoms with Crippen molar-refractivity contribution in [3.63, 3.8) is 0 Å². The number of hydrogen-bond acceptors (Lipinski definition) is 3. The minimum Gasteiger partial charge on any atom is -0.481 e. The van der Waals surface area contributed by atoms with Crippen LogP contribution in [0.4, 0.5) is 0 Å². The van der Waals surface area contributed by atoms with Crippen LogP contribution in [-0.2, 0) is 14.3 Å². The predicted molar refractivity (Wildman–Crippen MR) is 67.3 cm³/mol. The van der Waals surface area contributed by atoms with Crippen molar-refractivity contribution in [3.8, 4) is 0 Å². The van der Waals surface area contributed by atoms with Crippen LogP contribution in [0.25, 0.3) is 0 Å². The zero-order chi connectivity index (χ0) is 13.3. The molecule has 4 nitrogen and oxygen atoms in total. The quantitative estimate of drug-likeness (QED) is 0.798. The molecule has 2 aliphatic carbocycles. The van der Waals surface area contributed by atoms with E-state index < -0.39 is 17.2 Å². The van der Waals surface area contributed by atoms with Crippen molar-refractivity contribution in [2.75, 3.05) is 0 Å². The lowest BCUT2D eigenvalue weighted by Crippen LogP contribution is -2.45. The first-order valence-electron chi connectivity index (χ1n) is 7.68. The minimum absolute atomic E-state index is 0.0202. The van der Waals surface area contributed by atoms with Gasteiger partial charge < -0.3 is 14.6 Å². The van der Waals surface area contributed by atoms with Crippen LogP contribution in [0.5, 0.6) is 0 Å². The van der Waals surface area contributed by atoms with E-state index in [1.807, 2.05) is 6.92 Å². The molecule has 2 unspecified atom stereocenters. The standard InChI is InChI=1S/C15H22O4/c1-10-13(12(16)17,9-11-5-3-2-4-6-11)7-8-14-15(10,18-14)19-14/h10-11H,2-9H2,1H3,(H,16,17). The highest BCUT2D eigenvalue weighted by atomic mass is 17.0. The van der Waals surface area contributed by atoms with Crippen LogP contribution < -0.4 is 0 Å². The molecule has 4 heteroatoms. The Balaban J connectivity index is 1.57. The number of ether oxygens (including phenoxy) is 2. The van der Waals surface area contributed by atoms with E-state index >= 15 is 0 Å². The first-order chi connectivity index (χ1) is 9.05. The minimum atomic E-state index is -0.639. The third-order valence-corrected chi connectivity index (χ3v) is 6.18. The lowest BCUT2D eigenvalue weighted by Gasteiger charge is -2.39. The molecule has 0 aromatic rings. The first kappa shape index (κ1) is 12.2. The molecule has 0 radical (unpaired) electrons. The van der Waals surface area contributed by atoms with Gasteiger partial charge >= 0.3 is 5.97 Å². The molecule has 1 N–H and O–H groups in total. The summed E-state index contributed by atoms with van der Waals surface area (Å²) in [6.45, 7) is 2.02. The molecule has 106 valence electrons. The number of carboxylic acid groups (broad SMARTS) is 1. The maximum absolute atomic E-state index is 12.0. The maximum Gasteiger partial charge on any atom is 0.310 e. The Kier molecular flexibility index (Phi) is 2.26. The zero-order valence-corrected chi connectivity index (χ0v) is 11.5. The fourth-order valence-electron chi connectivity index (χ4n) is 4.76. The fourth-order valence-corrected chi connectivity index (χ4v) is 4.76. The van der Waals surface area contributed by atoms with Crippen LogP contribution in [0.1, 0.15) is 58.3 Å². The third-order valence-electron chi connectivity index (χ3n) is 6.18. The van der Waals surface area contributed by atoms with E-state index in [4.69, 9.17) is 9.47 Å². The number of rotatable bonds is 3. The van der Waals surface area contributed by atoms with Crippen LogP contribution >= 0.6 is 0 Å². The summed E-state index contributed by atoms with van der Waals surface area (Å²) < 4.78 is 11.3. The Morgan fingerprint density at radius 3 is 2.53 bits per heavy atom. The Labute approximate surface area is 113 Å². The summed E-state index contributed by atoms with van der Waals surface area (Å²) in [5, 5.41) is 9.85. The van der Waals surface area contributed by atoms with Gasteiger partial charge in [-0.05, 0) is 18.8 Å². The lowest BCUT2D eigenvalue weighted by molar-refractivity contribution is -0.162. The van der Waals surface area contributed by atoms with E-state index in [1.165, 1.54) is 32.1 Å². The number of aliphatic carboxylic acids is 1. The smallest absolute Gasteiger partial charge is 0.310 e. The van der Waals surface area contributed by atoms with Gasteiger partial charge in [-0.25, -0.2) is 0 Å². The van der Waals surface area contributed by atoms with Gasteiger partial charge in [-0.3, -0.25) is 4.79 Å². The lowest BCUT2D eigenvalue weighted by atomic mass is 9.61. The van der Waals surface area contributed by atoms with E-state index in [-0.39, 0.29) is 11.7 Å². The van der Waals surface area contributed by atoms with E-state index in [0.29, 0.717) is 12.3 Å². The van der Waals surface area contributed by atoms with Gasteiger partial charge in [0.05, 0.1) is 5.41 Å². The van der Waals surface area contributed by atoms with Gasteiger partial charge in [0.1, 0.15) is 0 Å². The number of carboxylic acids is 1. The number of epoxide rings is 2. The molecule has 2 heterocycles. The molecule has 0 spiro atoms. The summed E-state index contributed by atoms with van der Waals surface area (Å²) in [7, 11) is 0. The molecule has 0 aromatic heterocycles. The summed E-state index contributed by atoms with van der Waals surface area (Å²) in [6, 6.07) is 0. The Morgan fingerprint density at radius 2 is 1.89 bits per heavy atom. The van der Waals surface area contributed by atoms with Crippen molar-refractivity contribution >= 4 is 5.97 Å². The van der Waals surface area contributed by atoms with Crippen LogP contribution in [-0.4, -0.2) is 22.7 Å². The van der Waals surface area contributed by atoms with Gasteiger partial charge in [0, 0.05) is 12.3 Å². The largest absolute Gasteiger partial charge is 0.481 e. The maximum atomic E-state index is 12.0. The molecule has 0 amide bonds. The van der Waals surface area contributed by atoms with Crippen LogP contribution in [0.3, 0.4) is 0 Å². The molecular weight excluding hydrogens is 244 g/mol. The van der Waals surface area contributed by atoms with Crippen LogP contribution in [0.15, 0.2) is 0 Å². The topological polar surface area (TPSA) is 62.4 Å². The average molecular weight is 266 g/mol. The Bertz CT molecular complexity index is 420. The molecular formula is C15H22O4. The van der Waals surface area contributed by atoms with Crippen molar-refractivity contribution in [2.24, 2.45) is 17.3 Å². The molecule has 4 rings (SSSR count). The van der Waals surface area contributed by atoms with Gasteiger partial charge in [0.2, 0.25) is 11.6 Å². The molecule has 2 atom stereocenters. The molecule has 19 heavy (non-hydrogen) atoms. The van der Waals surface area contributed by atoms with Crippen LogP contribution in [0, 0.1) is 17.3 Å². The van der Waals surface area contributed by atoms with Crippen molar-refractivity contribution in [1.29, 1.82) is 0 Å². The van der Waals surface area contributed by atoms with E-state index in [9.17, 15) is 9.90 Å². The summed E-state index contributed by atoms with van der Waals surface area (Å²) >= 11 is 0. The highest BCUT2D eigenvalue weighted by Gasteiger charge is 2.96. The number of carbonyl (C=O) groups is 1. The summed E-state index contributed by atoms with van der Waals surface area (Å²) in [5.74, 6) is -0.961. The highest BCUT2D eigenvalue weighted by molar-refractivity contribution is 5.76. The van der Waals surface area contributed by atoms with Gasteiger partial charge in [-0.15, -0.1) is 0 Å². The van der Waals surface area contributed by atoms with Gasteiger partial charge in [0.15, 0.2) is 0 Å². The van der Waals surface area contributed by atoms with Crippen molar-refractivity contribution in [1.82, 2.24) is 0 Å². The molecule has 0 bridgehead atoms. The second kappa shape index (κ2) is 3.53. The third kappa shape index (κ3) is 1.39. The Hall–Kier alpha value is -0.610. The number of hydrogen-bond donors (Lipinski definition) is 1. The van der Waals surface area contributed by atoms with Gasteiger partial charge in [-0.1, -0.05) is 39.0 Å². The molecule has 0 aromatic carbocycles. The highest BCUT2D eigenvalue weighted by Crippen LogP contribution is 2.79. The van der Waals surface area contributed by atoms with Crippen molar-refractivity contribution in [2.45, 2.75) is 69.9 Å². The normalized spacial score (nSPS) is 52.2. The molecule has 2 saturated heterocycles. The predicted octanol–water partition coefficient (Wildman–Crippen LogP) is 2.91. The SMILES string of the molecule is CC1C(CC2CCCCC2)(C(=O)O)CCC23OC12O3. The average Bonchev–Trinajstić information content (AvgIpc) is 3.21. The molecule has 2 aliphatic heterocycles. The summed E-state index contributed by atoms with van der Waals surface area (Å²) in [4.78, 5) is 12.0. The molecule has 4 aliphatic rings. The van der Waals surface area contributed by atoms with Gasteiger partial charge in [0.25, 0.3) is 0 Å². The van der Waals surface area contributed by atoms with Crippen molar-refractivity contribution in [3.05, 3.63) is 0 Å². The van der Waals surface area contributed by atoms with Crippen molar-refractivity contribution < 1.29 is 19.4 Å². The molecule has 2 saturated carbocycles. The molecule has 4 fully saturated rings. The second-order valence-electron chi connectivity index (χ2n) is 7.02. The monoisotopic (exact) mass is 266 g/mol. The fraction of sp³-hybridized carbons (Fsp3) is 0.933. The zero-order valence-electron chi connectivity index (χ0n) is 11.5. The second-order valence-corrected chi connectivity index (χ2v) is 7.02.